The Morgan fingerprint density at radius 2 is 2.36 bits per heavy atom. The van der Waals surface area contributed by atoms with Crippen LogP contribution in [0.5, 0.6) is 0 Å². The molecule has 1 rings (SSSR count). The highest BCUT2D eigenvalue weighted by Gasteiger charge is 2.35. The van der Waals surface area contributed by atoms with Gasteiger partial charge in [-0.05, 0) is 25.7 Å². The molecule has 11 heavy (non-hydrogen) atoms. The maximum atomic E-state index is 8.98. The van der Waals surface area contributed by atoms with Crippen LogP contribution in [-0.4, -0.2) is 23.8 Å². The summed E-state index contributed by atoms with van der Waals surface area (Å²) in [7, 11) is 0. The second-order valence-electron chi connectivity index (χ2n) is 3.65. The van der Waals surface area contributed by atoms with Gasteiger partial charge in [0.2, 0.25) is 0 Å². The molecule has 1 aliphatic carbocycles. The highest BCUT2D eigenvalue weighted by Crippen LogP contribution is 2.34. The predicted molar refractivity (Wildman–Crippen MR) is 46.5 cm³/mol. The number of nitrogens with one attached hydrogen (secondary N) is 1. The summed E-state index contributed by atoms with van der Waals surface area (Å²) in [5.74, 6) is 0.902. The Morgan fingerprint density at radius 3 is 2.91 bits per heavy atom. The summed E-state index contributed by atoms with van der Waals surface area (Å²) < 4.78 is 0. The highest BCUT2D eigenvalue weighted by molar-refractivity contribution is 4.92. The molecular formula is C9H19NO. The molecule has 2 heteroatoms. The third-order valence-electron chi connectivity index (χ3n) is 2.26. The topological polar surface area (TPSA) is 32.3 Å². The van der Waals surface area contributed by atoms with E-state index in [-0.39, 0.29) is 6.10 Å². The molecule has 0 aromatic rings. The van der Waals surface area contributed by atoms with Crippen molar-refractivity contribution in [3.05, 3.63) is 0 Å². The molecule has 0 saturated heterocycles. The van der Waals surface area contributed by atoms with Crippen LogP contribution >= 0.6 is 0 Å². The molecule has 2 N–H and O–H groups in total. The van der Waals surface area contributed by atoms with Gasteiger partial charge < -0.3 is 10.4 Å². The maximum Gasteiger partial charge on any atom is 0.0636 e. The highest BCUT2D eigenvalue weighted by atomic mass is 16.3. The maximum absolute atomic E-state index is 8.98. The van der Waals surface area contributed by atoms with Gasteiger partial charge in [0.25, 0.3) is 0 Å². The van der Waals surface area contributed by atoms with E-state index in [1.54, 1.807) is 0 Å². The Morgan fingerprint density at radius 1 is 1.64 bits per heavy atom. The van der Waals surface area contributed by atoms with Crippen LogP contribution in [0.15, 0.2) is 0 Å². The van der Waals surface area contributed by atoms with Crippen molar-refractivity contribution >= 4 is 0 Å². The minimum absolute atomic E-state index is 0.196. The first-order valence-electron chi connectivity index (χ1n) is 4.65. The minimum atomic E-state index is -0.196. The lowest BCUT2D eigenvalue weighted by Crippen LogP contribution is -2.27. The third kappa shape index (κ3) is 3.21. The van der Waals surface area contributed by atoms with Crippen molar-refractivity contribution in [1.82, 2.24) is 5.32 Å². The summed E-state index contributed by atoms with van der Waals surface area (Å²) in [5.41, 5.74) is 0. The van der Waals surface area contributed by atoms with Gasteiger partial charge in [0.1, 0.15) is 0 Å². The number of rotatable bonds is 5. The van der Waals surface area contributed by atoms with E-state index in [0.717, 1.165) is 12.5 Å². The van der Waals surface area contributed by atoms with Crippen molar-refractivity contribution in [3.8, 4) is 0 Å². The second kappa shape index (κ2) is 4.07. The SMILES string of the molecule is CCCC1CC1NC[C@@H](C)O. The van der Waals surface area contributed by atoms with E-state index in [2.05, 4.69) is 12.2 Å². The standard InChI is InChI=1S/C9H19NO/c1-3-4-8-5-9(8)10-6-7(2)11/h7-11H,3-6H2,1-2H3/t7-,8?,9?/m1/s1. The zero-order valence-electron chi connectivity index (χ0n) is 7.51. The fourth-order valence-electron chi connectivity index (χ4n) is 1.51. The van der Waals surface area contributed by atoms with Crippen molar-refractivity contribution < 1.29 is 5.11 Å². The fourth-order valence-corrected chi connectivity index (χ4v) is 1.51. The molecule has 0 aromatic heterocycles. The molecule has 1 saturated carbocycles. The van der Waals surface area contributed by atoms with Gasteiger partial charge in [-0.25, -0.2) is 0 Å². The molecule has 0 aliphatic heterocycles. The third-order valence-corrected chi connectivity index (χ3v) is 2.26. The van der Waals surface area contributed by atoms with E-state index < -0.39 is 0 Å². The first-order chi connectivity index (χ1) is 5.24. The van der Waals surface area contributed by atoms with E-state index >= 15 is 0 Å². The molecule has 0 radical (unpaired) electrons. The van der Waals surface area contributed by atoms with Gasteiger partial charge in [0, 0.05) is 12.6 Å². The van der Waals surface area contributed by atoms with E-state index in [9.17, 15) is 0 Å². The van der Waals surface area contributed by atoms with Gasteiger partial charge >= 0.3 is 0 Å². The van der Waals surface area contributed by atoms with Crippen molar-refractivity contribution in [3.63, 3.8) is 0 Å². The van der Waals surface area contributed by atoms with Crippen LogP contribution in [0, 0.1) is 5.92 Å². The molecule has 1 fully saturated rings. The molecule has 2 unspecified atom stereocenters. The largest absolute Gasteiger partial charge is 0.392 e. The lowest BCUT2D eigenvalue weighted by molar-refractivity contribution is 0.190. The van der Waals surface area contributed by atoms with Crippen LogP contribution in [-0.2, 0) is 0 Å². The Kier molecular flexibility index (Phi) is 3.34. The van der Waals surface area contributed by atoms with Crippen LogP contribution < -0.4 is 5.32 Å². The van der Waals surface area contributed by atoms with Crippen LogP contribution in [0.1, 0.15) is 33.1 Å². The summed E-state index contributed by atoms with van der Waals surface area (Å²) in [6, 6.07) is 0.713. The van der Waals surface area contributed by atoms with Crippen LogP contribution in [0.2, 0.25) is 0 Å². The Bertz CT molecular complexity index is 114. The zero-order chi connectivity index (χ0) is 8.27. The zero-order valence-corrected chi connectivity index (χ0v) is 7.51. The molecule has 3 atom stereocenters. The molecule has 2 nitrogen and oxygen atoms in total. The Labute approximate surface area is 69.0 Å². The van der Waals surface area contributed by atoms with Gasteiger partial charge in [-0.2, -0.15) is 0 Å². The number of hydrogen-bond acceptors (Lipinski definition) is 2. The summed E-state index contributed by atoms with van der Waals surface area (Å²) in [6.45, 7) is 4.80. The van der Waals surface area contributed by atoms with Gasteiger partial charge in [-0.1, -0.05) is 13.3 Å². The number of aliphatic hydroxyl groups is 1. The summed E-state index contributed by atoms with van der Waals surface area (Å²) in [5, 5.41) is 12.3. The lowest BCUT2D eigenvalue weighted by Gasteiger charge is -2.05. The average molecular weight is 157 g/mol. The molecule has 0 amide bonds. The molecule has 0 spiro atoms. The van der Waals surface area contributed by atoms with Gasteiger partial charge in [-0.15, -0.1) is 0 Å². The van der Waals surface area contributed by atoms with Crippen molar-refractivity contribution in [1.29, 1.82) is 0 Å². The number of hydrogen-bond donors (Lipinski definition) is 2. The van der Waals surface area contributed by atoms with E-state index in [1.165, 1.54) is 19.3 Å². The lowest BCUT2D eigenvalue weighted by atomic mass is 10.2. The monoisotopic (exact) mass is 157 g/mol. The normalized spacial score (nSPS) is 31.9. The fraction of sp³-hybridized carbons (Fsp3) is 1.00. The minimum Gasteiger partial charge on any atom is -0.392 e. The van der Waals surface area contributed by atoms with Gasteiger partial charge in [0.15, 0.2) is 0 Å². The molecule has 0 aromatic carbocycles. The molecule has 1 aliphatic rings. The summed E-state index contributed by atoms with van der Waals surface area (Å²) >= 11 is 0. The summed E-state index contributed by atoms with van der Waals surface area (Å²) in [4.78, 5) is 0. The van der Waals surface area contributed by atoms with Gasteiger partial charge in [0.05, 0.1) is 6.10 Å². The molecule has 0 heterocycles. The molecular weight excluding hydrogens is 138 g/mol. The quantitative estimate of drug-likeness (QED) is 0.627. The van der Waals surface area contributed by atoms with Crippen LogP contribution in [0.3, 0.4) is 0 Å². The van der Waals surface area contributed by atoms with Crippen molar-refractivity contribution in [2.75, 3.05) is 6.54 Å². The first kappa shape index (κ1) is 9.01. The molecule has 0 bridgehead atoms. The van der Waals surface area contributed by atoms with E-state index in [1.807, 2.05) is 6.92 Å². The van der Waals surface area contributed by atoms with Crippen LogP contribution in [0.25, 0.3) is 0 Å². The Hall–Kier alpha value is -0.0800. The Balaban J connectivity index is 1.95. The first-order valence-corrected chi connectivity index (χ1v) is 4.65. The average Bonchev–Trinajstić information content (AvgIpc) is 2.64. The van der Waals surface area contributed by atoms with Gasteiger partial charge in [-0.3, -0.25) is 0 Å². The smallest absolute Gasteiger partial charge is 0.0636 e. The molecule has 66 valence electrons. The van der Waals surface area contributed by atoms with Crippen molar-refractivity contribution in [2.24, 2.45) is 5.92 Å². The second-order valence-corrected chi connectivity index (χ2v) is 3.65. The predicted octanol–water partition coefficient (Wildman–Crippen LogP) is 1.15. The van der Waals surface area contributed by atoms with Crippen LogP contribution in [0.4, 0.5) is 0 Å². The van der Waals surface area contributed by atoms with E-state index in [0.29, 0.717) is 6.04 Å². The number of aliphatic hydroxyl groups excluding tert-OH is 1. The summed E-state index contributed by atoms with van der Waals surface area (Å²) in [6.07, 6.45) is 3.76. The van der Waals surface area contributed by atoms with Crippen molar-refractivity contribution in [2.45, 2.75) is 45.3 Å². The van der Waals surface area contributed by atoms with E-state index in [4.69, 9.17) is 5.11 Å².